The third-order valence-corrected chi connectivity index (χ3v) is 3.09. The van der Waals surface area contributed by atoms with Crippen LogP contribution < -0.4 is 9.64 Å². The first-order valence-corrected chi connectivity index (χ1v) is 5.87. The van der Waals surface area contributed by atoms with Crippen LogP contribution in [0.1, 0.15) is 5.82 Å². The van der Waals surface area contributed by atoms with Crippen molar-refractivity contribution in [2.75, 3.05) is 18.1 Å². The predicted molar refractivity (Wildman–Crippen MR) is 66.6 cm³/mol. The molecule has 0 spiro atoms. The van der Waals surface area contributed by atoms with E-state index in [4.69, 9.17) is 16.3 Å². The third-order valence-electron chi connectivity index (χ3n) is 2.79. The summed E-state index contributed by atoms with van der Waals surface area (Å²) in [5.74, 6) is 1.71. The Balaban J connectivity index is 1.92. The van der Waals surface area contributed by atoms with Crippen LogP contribution in [0.2, 0.25) is 5.02 Å². The van der Waals surface area contributed by atoms with E-state index in [0.717, 1.165) is 30.4 Å². The van der Waals surface area contributed by atoms with Gasteiger partial charge in [-0.3, -0.25) is 0 Å². The number of fused-ring (bicyclic) bond motifs is 1. The van der Waals surface area contributed by atoms with Gasteiger partial charge in [0.1, 0.15) is 12.4 Å². The van der Waals surface area contributed by atoms with Crippen LogP contribution in [-0.2, 0) is 6.54 Å². The minimum absolute atomic E-state index is 0.650. The Hall–Kier alpha value is -1.68. The smallest absolute Gasteiger partial charge is 0.161 e. The summed E-state index contributed by atoms with van der Waals surface area (Å²) >= 11 is 6.11. The average Bonchev–Trinajstić information content (AvgIpc) is 2.83. The SMILES string of the molecule is Clc1cccc2c1OCCN2Cc1ncc[nH]1. The molecule has 0 saturated heterocycles. The molecule has 1 N–H and O–H groups in total. The van der Waals surface area contributed by atoms with Gasteiger partial charge in [-0.1, -0.05) is 17.7 Å². The number of rotatable bonds is 2. The number of imidazole rings is 1. The molecule has 0 fully saturated rings. The van der Waals surface area contributed by atoms with Crippen molar-refractivity contribution in [3.63, 3.8) is 0 Å². The van der Waals surface area contributed by atoms with E-state index in [2.05, 4.69) is 14.9 Å². The van der Waals surface area contributed by atoms with Gasteiger partial charge in [-0.25, -0.2) is 4.98 Å². The Kier molecular flexibility index (Phi) is 2.65. The Labute approximate surface area is 104 Å². The van der Waals surface area contributed by atoms with Crippen LogP contribution in [0, 0.1) is 0 Å². The molecular formula is C12H12ClN3O. The van der Waals surface area contributed by atoms with Crippen molar-refractivity contribution in [3.8, 4) is 5.75 Å². The zero-order valence-corrected chi connectivity index (χ0v) is 9.94. The van der Waals surface area contributed by atoms with Crippen LogP contribution in [0.15, 0.2) is 30.6 Å². The lowest BCUT2D eigenvalue weighted by Crippen LogP contribution is -2.32. The molecule has 2 aromatic rings. The lowest BCUT2D eigenvalue weighted by Gasteiger charge is -2.31. The van der Waals surface area contributed by atoms with E-state index in [9.17, 15) is 0 Å². The van der Waals surface area contributed by atoms with Crippen molar-refractivity contribution in [1.82, 2.24) is 9.97 Å². The molecule has 0 unspecified atom stereocenters. The van der Waals surface area contributed by atoms with E-state index in [1.165, 1.54) is 0 Å². The highest BCUT2D eigenvalue weighted by Gasteiger charge is 2.20. The fourth-order valence-corrected chi connectivity index (χ4v) is 2.22. The van der Waals surface area contributed by atoms with Crippen molar-refractivity contribution >= 4 is 17.3 Å². The molecule has 0 radical (unpaired) electrons. The zero-order chi connectivity index (χ0) is 11.7. The van der Waals surface area contributed by atoms with Crippen LogP contribution in [0.5, 0.6) is 5.75 Å². The van der Waals surface area contributed by atoms with Gasteiger partial charge in [0.2, 0.25) is 0 Å². The molecule has 0 aliphatic carbocycles. The van der Waals surface area contributed by atoms with Gasteiger partial charge in [0.05, 0.1) is 23.8 Å². The summed E-state index contributed by atoms with van der Waals surface area (Å²) < 4.78 is 5.60. The van der Waals surface area contributed by atoms with Gasteiger partial charge in [0.25, 0.3) is 0 Å². The second-order valence-corrected chi connectivity index (χ2v) is 4.30. The van der Waals surface area contributed by atoms with Crippen LogP contribution in [0.25, 0.3) is 0 Å². The van der Waals surface area contributed by atoms with Crippen molar-refractivity contribution < 1.29 is 4.74 Å². The predicted octanol–water partition coefficient (Wildman–Crippen LogP) is 2.46. The van der Waals surface area contributed by atoms with Gasteiger partial charge in [-0.2, -0.15) is 0 Å². The third kappa shape index (κ3) is 1.96. The highest BCUT2D eigenvalue weighted by molar-refractivity contribution is 6.32. The number of hydrogen-bond acceptors (Lipinski definition) is 3. The van der Waals surface area contributed by atoms with Gasteiger partial charge < -0.3 is 14.6 Å². The molecule has 2 heterocycles. The molecule has 1 aliphatic heterocycles. The van der Waals surface area contributed by atoms with Crippen molar-refractivity contribution in [2.45, 2.75) is 6.54 Å². The molecule has 4 nitrogen and oxygen atoms in total. The summed E-state index contributed by atoms with van der Waals surface area (Å²) in [6, 6.07) is 5.80. The Morgan fingerprint density at radius 3 is 3.24 bits per heavy atom. The van der Waals surface area contributed by atoms with E-state index < -0.39 is 0 Å². The summed E-state index contributed by atoms with van der Waals surface area (Å²) in [6.45, 7) is 2.23. The first-order chi connectivity index (χ1) is 8.34. The number of hydrogen-bond donors (Lipinski definition) is 1. The Bertz CT molecular complexity index is 512. The minimum Gasteiger partial charge on any atom is -0.488 e. The number of H-pyrrole nitrogens is 1. The number of nitrogens with zero attached hydrogens (tertiary/aromatic N) is 2. The van der Waals surface area contributed by atoms with Crippen LogP contribution in [0.3, 0.4) is 0 Å². The molecule has 1 aliphatic rings. The molecule has 1 aromatic heterocycles. The molecule has 0 saturated carbocycles. The quantitative estimate of drug-likeness (QED) is 0.889. The summed E-state index contributed by atoms with van der Waals surface area (Å²) in [4.78, 5) is 9.55. The first kappa shape index (κ1) is 10.5. The number of anilines is 1. The molecule has 0 atom stereocenters. The highest BCUT2D eigenvalue weighted by Crippen LogP contribution is 2.38. The maximum absolute atomic E-state index is 6.11. The first-order valence-electron chi connectivity index (χ1n) is 5.49. The Morgan fingerprint density at radius 2 is 2.41 bits per heavy atom. The number of para-hydroxylation sites is 1. The lowest BCUT2D eigenvalue weighted by atomic mass is 10.2. The van der Waals surface area contributed by atoms with Gasteiger partial charge in [0, 0.05) is 12.4 Å². The fraction of sp³-hybridized carbons (Fsp3) is 0.250. The molecular weight excluding hydrogens is 238 g/mol. The monoisotopic (exact) mass is 249 g/mol. The summed E-state index contributed by atoms with van der Waals surface area (Å²) in [5.41, 5.74) is 1.03. The van der Waals surface area contributed by atoms with Gasteiger partial charge in [0.15, 0.2) is 5.75 Å². The van der Waals surface area contributed by atoms with Crippen LogP contribution in [-0.4, -0.2) is 23.1 Å². The lowest BCUT2D eigenvalue weighted by molar-refractivity contribution is 0.306. The molecule has 17 heavy (non-hydrogen) atoms. The summed E-state index contributed by atoms with van der Waals surface area (Å²) in [5, 5.41) is 0.659. The number of benzene rings is 1. The number of aromatic amines is 1. The van der Waals surface area contributed by atoms with Gasteiger partial charge >= 0.3 is 0 Å². The number of nitrogens with one attached hydrogen (secondary N) is 1. The van der Waals surface area contributed by atoms with E-state index in [0.29, 0.717) is 11.6 Å². The maximum Gasteiger partial charge on any atom is 0.161 e. The van der Waals surface area contributed by atoms with Crippen molar-refractivity contribution in [2.24, 2.45) is 0 Å². The van der Waals surface area contributed by atoms with E-state index >= 15 is 0 Å². The zero-order valence-electron chi connectivity index (χ0n) is 9.19. The molecule has 5 heteroatoms. The molecule has 0 amide bonds. The Morgan fingerprint density at radius 1 is 1.47 bits per heavy atom. The molecule has 3 rings (SSSR count). The van der Waals surface area contributed by atoms with E-state index in [-0.39, 0.29) is 0 Å². The second kappa shape index (κ2) is 4.30. The molecule has 1 aromatic carbocycles. The number of aromatic nitrogens is 2. The van der Waals surface area contributed by atoms with E-state index in [1.807, 2.05) is 24.4 Å². The molecule has 88 valence electrons. The average molecular weight is 250 g/mol. The topological polar surface area (TPSA) is 41.1 Å². The maximum atomic E-state index is 6.11. The van der Waals surface area contributed by atoms with Crippen molar-refractivity contribution in [1.29, 1.82) is 0 Å². The van der Waals surface area contributed by atoms with Crippen molar-refractivity contribution in [3.05, 3.63) is 41.4 Å². The standard InChI is InChI=1S/C12H12ClN3O/c13-9-2-1-3-10-12(9)17-7-6-16(10)8-11-14-4-5-15-11/h1-5H,6-8H2,(H,14,15). The van der Waals surface area contributed by atoms with Crippen LogP contribution >= 0.6 is 11.6 Å². The fourth-order valence-electron chi connectivity index (χ4n) is 2.00. The van der Waals surface area contributed by atoms with Crippen LogP contribution in [0.4, 0.5) is 5.69 Å². The minimum atomic E-state index is 0.650. The van der Waals surface area contributed by atoms with Gasteiger partial charge in [-0.15, -0.1) is 0 Å². The second-order valence-electron chi connectivity index (χ2n) is 3.89. The summed E-state index contributed by atoms with van der Waals surface area (Å²) in [6.07, 6.45) is 3.59. The molecule has 0 bridgehead atoms. The highest BCUT2D eigenvalue weighted by atomic mass is 35.5. The summed E-state index contributed by atoms with van der Waals surface area (Å²) in [7, 11) is 0. The normalized spacial score (nSPS) is 14.3. The largest absolute Gasteiger partial charge is 0.488 e. The number of ether oxygens (including phenoxy) is 1. The van der Waals surface area contributed by atoms with Gasteiger partial charge in [-0.05, 0) is 12.1 Å². The van der Waals surface area contributed by atoms with E-state index in [1.54, 1.807) is 6.20 Å². The number of halogens is 1.